The molecule has 9 aromatic rings. The first-order valence-corrected chi connectivity index (χ1v) is 17.9. The molecule has 0 fully saturated rings. The molecular formula is C48H33N5. The van der Waals surface area contributed by atoms with Crippen LogP contribution in [0, 0.1) is 0 Å². The van der Waals surface area contributed by atoms with Crippen molar-refractivity contribution in [3.8, 4) is 67.7 Å². The van der Waals surface area contributed by atoms with Gasteiger partial charge in [-0.25, -0.2) is 19.9 Å². The van der Waals surface area contributed by atoms with Gasteiger partial charge in [0.15, 0.2) is 17.5 Å². The monoisotopic (exact) mass is 679 g/mol. The van der Waals surface area contributed by atoms with Crippen LogP contribution >= 0.6 is 0 Å². The lowest BCUT2D eigenvalue weighted by Crippen LogP contribution is -2.15. The molecule has 10 rings (SSSR count). The molecule has 250 valence electrons. The Balaban J connectivity index is 1.07. The highest BCUT2D eigenvalue weighted by Gasteiger charge is 2.35. The van der Waals surface area contributed by atoms with E-state index in [0.29, 0.717) is 17.5 Å². The van der Waals surface area contributed by atoms with Gasteiger partial charge >= 0.3 is 0 Å². The maximum absolute atomic E-state index is 5.11. The molecule has 1 aliphatic carbocycles. The van der Waals surface area contributed by atoms with Gasteiger partial charge in [0.05, 0.1) is 22.9 Å². The molecule has 0 aliphatic heterocycles. The first-order valence-electron chi connectivity index (χ1n) is 17.9. The zero-order valence-corrected chi connectivity index (χ0v) is 29.3. The van der Waals surface area contributed by atoms with Crippen molar-refractivity contribution < 1.29 is 0 Å². The predicted molar refractivity (Wildman–Crippen MR) is 215 cm³/mol. The molecule has 0 spiro atoms. The molecule has 0 bridgehead atoms. The Hall–Kier alpha value is -6.85. The van der Waals surface area contributed by atoms with E-state index in [1.807, 2.05) is 30.5 Å². The highest BCUT2D eigenvalue weighted by Crippen LogP contribution is 2.49. The summed E-state index contributed by atoms with van der Waals surface area (Å²) in [6, 6.07) is 54.9. The molecule has 7 aromatic carbocycles. The molecule has 0 saturated carbocycles. The quantitative estimate of drug-likeness (QED) is 0.169. The Kier molecular flexibility index (Phi) is 7.08. The third-order valence-electron chi connectivity index (χ3n) is 10.6. The lowest BCUT2D eigenvalue weighted by Gasteiger charge is -2.21. The van der Waals surface area contributed by atoms with Gasteiger partial charge in [-0.05, 0) is 50.9 Å². The van der Waals surface area contributed by atoms with Gasteiger partial charge in [-0.15, -0.1) is 0 Å². The van der Waals surface area contributed by atoms with Crippen LogP contribution in [0.25, 0.3) is 89.5 Å². The fourth-order valence-corrected chi connectivity index (χ4v) is 7.72. The van der Waals surface area contributed by atoms with Crippen molar-refractivity contribution >= 4 is 21.8 Å². The maximum atomic E-state index is 5.11. The van der Waals surface area contributed by atoms with Crippen LogP contribution in [0.15, 0.2) is 164 Å². The summed E-state index contributed by atoms with van der Waals surface area (Å²) in [5.74, 6) is 1.88. The van der Waals surface area contributed by atoms with Gasteiger partial charge in [-0.3, -0.25) is 4.98 Å². The number of hydrogen-bond acceptors (Lipinski definition) is 5. The average Bonchev–Trinajstić information content (AvgIpc) is 3.46. The molecule has 5 heteroatoms. The fraction of sp³-hybridized carbons (Fsp3) is 0.0625. The second-order valence-electron chi connectivity index (χ2n) is 14.2. The lowest BCUT2D eigenvalue weighted by atomic mass is 9.82. The molecule has 0 unspecified atom stereocenters. The minimum atomic E-state index is -0.137. The summed E-state index contributed by atoms with van der Waals surface area (Å²) < 4.78 is 0. The molecule has 0 atom stereocenters. The Labute approximate surface area is 307 Å². The second-order valence-corrected chi connectivity index (χ2v) is 14.2. The van der Waals surface area contributed by atoms with Gasteiger partial charge in [-0.2, -0.15) is 0 Å². The number of hydrogen-bond donors (Lipinski definition) is 0. The molecule has 2 aromatic heterocycles. The van der Waals surface area contributed by atoms with Gasteiger partial charge in [0.2, 0.25) is 0 Å². The van der Waals surface area contributed by atoms with Crippen LogP contribution in [0.4, 0.5) is 0 Å². The molecule has 1 aliphatic rings. The fourth-order valence-electron chi connectivity index (χ4n) is 7.72. The summed E-state index contributed by atoms with van der Waals surface area (Å²) in [5, 5.41) is 2.24. The molecular weight excluding hydrogens is 647 g/mol. The minimum Gasteiger partial charge on any atom is -0.252 e. The second kappa shape index (κ2) is 12.1. The van der Waals surface area contributed by atoms with Crippen molar-refractivity contribution in [3.05, 3.63) is 175 Å². The maximum Gasteiger partial charge on any atom is 0.164 e. The van der Waals surface area contributed by atoms with Crippen LogP contribution in [0.5, 0.6) is 0 Å². The summed E-state index contributed by atoms with van der Waals surface area (Å²) in [7, 11) is 0. The zero-order chi connectivity index (χ0) is 35.5. The normalized spacial score (nSPS) is 12.9. The molecule has 5 nitrogen and oxygen atoms in total. The van der Waals surface area contributed by atoms with Crippen molar-refractivity contribution in [2.75, 3.05) is 0 Å². The smallest absolute Gasteiger partial charge is 0.164 e. The summed E-state index contributed by atoms with van der Waals surface area (Å²) in [4.78, 5) is 25.1. The first-order chi connectivity index (χ1) is 26.0. The standard InChI is InChI=1S/C48H33N5/c1-48(2)40-15-9-8-14-38(40)39-26-24-36(28-41(39)48)47-52-45(34-20-16-31(17-21-34)30-10-4-3-5-11-30)51-46(53-47)35-22-18-33(19-23-35)43-29-49-42-27-25-32-12-6-7-13-37(32)44(42)50-43/h3-29H,1-2H3. The van der Waals surface area contributed by atoms with Crippen molar-refractivity contribution in [2.45, 2.75) is 19.3 Å². The van der Waals surface area contributed by atoms with Crippen molar-refractivity contribution in [1.29, 1.82) is 0 Å². The van der Waals surface area contributed by atoms with E-state index in [0.717, 1.165) is 55.3 Å². The summed E-state index contributed by atoms with van der Waals surface area (Å²) in [6.07, 6.45) is 1.85. The minimum absolute atomic E-state index is 0.137. The highest BCUT2D eigenvalue weighted by atomic mass is 15.0. The molecule has 53 heavy (non-hydrogen) atoms. The summed E-state index contributed by atoms with van der Waals surface area (Å²) in [6.45, 7) is 4.59. The Morgan fingerprint density at radius 1 is 0.415 bits per heavy atom. The molecule has 0 amide bonds. The van der Waals surface area contributed by atoms with E-state index in [-0.39, 0.29) is 5.41 Å². The summed E-state index contributed by atoms with van der Waals surface area (Å²) >= 11 is 0. The van der Waals surface area contributed by atoms with E-state index in [2.05, 4.69) is 147 Å². The van der Waals surface area contributed by atoms with Gasteiger partial charge in [0.25, 0.3) is 0 Å². The van der Waals surface area contributed by atoms with Crippen molar-refractivity contribution in [3.63, 3.8) is 0 Å². The predicted octanol–water partition coefficient (Wildman–Crippen LogP) is 11.6. The molecule has 0 N–H and O–H groups in total. The highest BCUT2D eigenvalue weighted by molar-refractivity contribution is 6.04. The average molecular weight is 680 g/mol. The van der Waals surface area contributed by atoms with Crippen molar-refractivity contribution in [2.24, 2.45) is 0 Å². The number of fused-ring (bicyclic) bond motifs is 6. The van der Waals surface area contributed by atoms with E-state index in [1.54, 1.807) is 0 Å². The Bertz CT molecular complexity index is 2840. The van der Waals surface area contributed by atoms with Crippen LogP contribution in [0.1, 0.15) is 25.0 Å². The van der Waals surface area contributed by atoms with Crippen LogP contribution in [0.3, 0.4) is 0 Å². The van der Waals surface area contributed by atoms with E-state index < -0.39 is 0 Å². The van der Waals surface area contributed by atoms with E-state index in [1.165, 1.54) is 27.8 Å². The van der Waals surface area contributed by atoms with Crippen LogP contribution in [-0.2, 0) is 5.41 Å². The molecule has 0 radical (unpaired) electrons. The van der Waals surface area contributed by atoms with E-state index in [9.17, 15) is 0 Å². The zero-order valence-electron chi connectivity index (χ0n) is 29.3. The van der Waals surface area contributed by atoms with Crippen LogP contribution in [0.2, 0.25) is 0 Å². The Morgan fingerprint density at radius 3 is 1.74 bits per heavy atom. The van der Waals surface area contributed by atoms with Crippen molar-refractivity contribution in [1.82, 2.24) is 24.9 Å². The molecule has 2 heterocycles. The first kappa shape index (κ1) is 30.9. The van der Waals surface area contributed by atoms with Crippen LogP contribution < -0.4 is 0 Å². The number of benzene rings is 7. The SMILES string of the molecule is CC1(C)c2ccccc2-c2ccc(-c3nc(-c4ccc(-c5ccccc5)cc4)nc(-c4ccc(-c5cnc6ccc7ccccc7c6n5)cc4)n3)cc21. The molecule has 0 saturated heterocycles. The third-order valence-corrected chi connectivity index (χ3v) is 10.6. The van der Waals surface area contributed by atoms with Gasteiger partial charge < -0.3 is 0 Å². The Morgan fingerprint density at radius 2 is 0.981 bits per heavy atom. The van der Waals surface area contributed by atoms with Gasteiger partial charge in [0, 0.05) is 33.1 Å². The summed E-state index contributed by atoms with van der Waals surface area (Å²) in [5.41, 5.74) is 13.7. The number of rotatable bonds is 5. The largest absolute Gasteiger partial charge is 0.252 e. The number of nitrogens with zero attached hydrogens (tertiary/aromatic N) is 5. The van der Waals surface area contributed by atoms with Crippen LogP contribution in [-0.4, -0.2) is 24.9 Å². The number of aromatic nitrogens is 5. The van der Waals surface area contributed by atoms with Gasteiger partial charge in [0.1, 0.15) is 0 Å². The third kappa shape index (κ3) is 5.28. The topological polar surface area (TPSA) is 64.5 Å². The van der Waals surface area contributed by atoms with E-state index in [4.69, 9.17) is 24.9 Å². The van der Waals surface area contributed by atoms with E-state index >= 15 is 0 Å². The van der Waals surface area contributed by atoms with Gasteiger partial charge in [-0.1, -0.05) is 159 Å². The lowest BCUT2D eigenvalue weighted by molar-refractivity contribution is 0.660.